The fraction of sp³-hybridized carbons (Fsp3) is 0.182. The Morgan fingerprint density at radius 3 is 2.61 bits per heavy atom. The number of aromatic nitrogens is 3. The predicted octanol–water partition coefficient (Wildman–Crippen LogP) is 2.25. The van der Waals surface area contributed by atoms with Crippen molar-refractivity contribution in [1.29, 1.82) is 5.26 Å². The number of nitrogens with zero attached hydrogens (tertiary/aromatic N) is 4. The van der Waals surface area contributed by atoms with Gasteiger partial charge >= 0.3 is 0 Å². The summed E-state index contributed by atoms with van der Waals surface area (Å²) in [6.07, 6.45) is 0. The second kappa shape index (κ2) is 4.49. The summed E-state index contributed by atoms with van der Waals surface area (Å²) < 4.78 is 40.9. The largest absolute Gasteiger partial charge is 0.243 e. The standard InChI is InChI=1S/C11H7F3N4/c1-2-18-11(8(5-15)16-17-18)6-3-4-7(12)10(14)9(6)13/h3-4H,2H2,1H3. The molecule has 2 aromatic rings. The van der Waals surface area contributed by atoms with Crippen LogP contribution in [-0.4, -0.2) is 15.0 Å². The molecule has 18 heavy (non-hydrogen) atoms. The van der Waals surface area contributed by atoms with Crippen LogP contribution in [0.25, 0.3) is 11.3 Å². The Bertz CT molecular complexity index is 642. The minimum atomic E-state index is -1.58. The number of rotatable bonds is 2. The van der Waals surface area contributed by atoms with Gasteiger partial charge in [-0.05, 0) is 19.1 Å². The summed E-state index contributed by atoms with van der Waals surface area (Å²) in [5.74, 6) is -4.23. The van der Waals surface area contributed by atoms with E-state index in [4.69, 9.17) is 5.26 Å². The predicted molar refractivity (Wildman–Crippen MR) is 55.7 cm³/mol. The highest BCUT2D eigenvalue weighted by Gasteiger charge is 2.21. The molecule has 0 bridgehead atoms. The van der Waals surface area contributed by atoms with Gasteiger partial charge in [0.1, 0.15) is 11.8 Å². The zero-order valence-corrected chi connectivity index (χ0v) is 9.28. The van der Waals surface area contributed by atoms with Gasteiger partial charge in [0.2, 0.25) is 0 Å². The first kappa shape index (κ1) is 12.1. The van der Waals surface area contributed by atoms with Gasteiger partial charge < -0.3 is 0 Å². The molecule has 0 saturated heterocycles. The summed E-state index contributed by atoms with van der Waals surface area (Å²) in [7, 11) is 0. The van der Waals surface area contributed by atoms with Crippen LogP contribution in [0, 0.1) is 28.8 Å². The maximum absolute atomic E-state index is 13.7. The summed E-state index contributed by atoms with van der Waals surface area (Å²) >= 11 is 0. The van der Waals surface area contributed by atoms with E-state index in [1.54, 1.807) is 13.0 Å². The second-order valence-electron chi connectivity index (χ2n) is 3.44. The van der Waals surface area contributed by atoms with Crippen LogP contribution >= 0.6 is 0 Å². The minimum Gasteiger partial charge on any atom is -0.243 e. The third kappa shape index (κ3) is 1.72. The Labute approximate surface area is 100 Å². The van der Waals surface area contributed by atoms with Crippen LogP contribution < -0.4 is 0 Å². The van der Waals surface area contributed by atoms with E-state index in [-0.39, 0.29) is 17.0 Å². The average molecular weight is 252 g/mol. The molecule has 0 fully saturated rings. The summed E-state index contributed by atoms with van der Waals surface area (Å²) in [5.41, 5.74) is -0.338. The van der Waals surface area contributed by atoms with Gasteiger partial charge in [0.15, 0.2) is 23.1 Å². The van der Waals surface area contributed by atoms with Gasteiger partial charge in [0, 0.05) is 12.1 Å². The van der Waals surface area contributed by atoms with Gasteiger partial charge in [-0.1, -0.05) is 5.21 Å². The molecule has 92 valence electrons. The maximum Gasteiger partial charge on any atom is 0.195 e. The Morgan fingerprint density at radius 1 is 1.28 bits per heavy atom. The molecule has 2 rings (SSSR count). The highest BCUT2D eigenvalue weighted by atomic mass is 19.2. The number of hydrogen-bond acceptors (Lipinski definition) is 3. The maximum atomic E-state index is 13.7. The number of halogens is 3. The quantitative estimate of drug-likeness (QED) is 0.770. The molecule has 7 heteroatoms. The van der Waals surface area contributed by atoms with Crippen molar-refractivity contribution in [3.63, 3.8) is 0 Å². The smallest absolute Gasteiger partial charge is 0.195 e. The summed E-state index contributed by atoms with van der Waals surface area (Å²) in [6, 6.07) is 3.58. The van der Waals surface area contributed by atoms with Crippen LogP contribution in [-0.2, 0) is 6.54 Å². The molecule has 4 nitrogen and oxygen atoms in total. The molecule has 0 unspecified atom stereocenters. The number of hydrogen-bond donors (Lipinski definition) is 0. The van der Waals surface area contributed by atoms with Crippen molar-refractivity contribution in [3.8, 4) is 17.3 Å². The van der Waals surface area contributed by atoms with E-state index in [1.807, 2.05) is 0 Å². The van der Waals surface area contributed by atoms with E-state index in [1.165, 1.54) is 4.68 Å². The molecule has 0 radical (unpaired) electrons. The summed E-state index contributed by atoms with van der Waals surface area (Å²) in [6.45, 7) is 2.03. The van der Waals surface area contributed by atoms with Gasteiger partial charge in [0.25, 0.3) is 0 Å². The highest BCUT2D eigenvalue weighted by Crippen LogP contribution is 2.27. The first-order chi connectivity index (χ1) is 8.60. The molecule has 0 amide bonds. The normalized spacial score (nSPS) is 10.4. The van der Waals surface area contributed by atoms with Crippen molar-refractivity contribution in [3.05, 3.63) is 35.3 Å². The van der Waals surface area contributed by atoms with Crippen LogP contribution in [0.4, 0.5) is 13.2 Å². The topological polar surface area (TPSA) is 54.5 Å². The van der Waals surface area contributed by atoms with Crippen molar-refractivity contribution in [2.45, 2.75) is 13.5 Å². The Kier molecular flexibility index (Phi) is 3.02. The van der Waals surface area contributed by atoms with Gasteiger partial charge in [-0.25, -0.2) is 17.9 Å². The van der Waals surface area contributed by atoms with Crippen LogP contribution in [0.2, 0.25) is 0 Å². The van der Waals surface area contributed by atoms with E-state index in [0.717, 1.165) is 12.1 Å². The lowest BCUT2D eigenvalue weighted by atomic mass is 10.1. The molecule has 0 atom stereocenters. The molecule has 0 saturated carbocycles. The van der Waals surface area contributed by atoms with E-state index in [0.29, 0.717) is 6.54 Å². The van der Waals surface area contributed by atoms with Crippen LogP contribution in [0.3, 0.4) is 0 Å². The molecule has 1 aromatic heterocycles. The molecule has 0 N–H and O–H groups in total. The number of aryl methyl sites for hydroxylation is 1. The van der Waals surface area contributed by atoms with Crippen LogP contribution in [0.1, 0.15) is 12.6 Å². The van der Waals surface area contributed by atoms with Crippen molar-refractivity contribution in [2.24, 2.45) is 0 Å². The first-order valence-corrected chi connectivity index (χ1v) is 5.07. The average Bonchev–Trinajstić information content (AvgIpc) is 2.79. The van der Waals surface area contributed by atoms with E-state index >= 15 is 0 Å². The molecular formula is C11H7F3N4. The van der Waals surface area contributed by atoms with Gasteiger partial charge in [0.05, 0.1) is 0 Å². The van der Waals surface area contributed by atoms with Gasteiger partial charge in [-0.2, -0.15) is 5.26 Å². The van der Waals surface area contributed by atoms with E-state index in [2.05, 4.69) is 10.3 Å². The summed E-state index contributed by atoms with van der Waals surface area (Å²) in [5, 5.41) is 16.0. The molecule has 0 aliphatic carbocycles. The highest BCUT2D eigenvalue weighted by molar-refractivity contribution is 5.65. The minimum absolute atomic E-state index is 0.0383. The molecular weight excluding hydrogens is 245 g/mol. The molecule has 1 heterocycles. The monoisotopic (exact) mass is 252 g/mol. The number of benzene rings is 1. The lowest BCUT2D eigenvalue weighted by Crippen LogP contribution is -2.03. The SMILES string of the molecule is CCn1nnc(C#N)c1-c1ccc(F)c(F)c1F. The van der Waals surface area contributed by atoms with Gasteiger partial charge in [-0.15, -0.1) is 5.10 Å². The third-order valence-electron chi connectivity index (χ3n) is 2.43. The molecule has 0 spiro atoms. The fourth-order valence-electron chi connectivity index (χ4n) is 1.59. The lowest BCUT2D eigenvalue weighted by molar-refractivity contribution is 0.448. The molecule has 0 aliphatic heterocycles. The molecule has 1 aromatic carbocycles. The number of nitriles is 1. The van der Waals surface area contributed by atoms with Gasteiger partial charge in [-0.3, -0.25) is 0 Å². The van der Waals surface area contributed by atoms with E-state index < -0.39 is 17.5 Å². The Morgan fingerprint density at radius 2 is 2.00 bits per heavy atom. The van der Waals surface area contributed by atoms with Crippen molar-refractivity contribution in [1.82, 2.24) is 15.0 Å². The van der Waals surface area contributed by atoms with E-state index in [9.17, 15) is 13.2 Å². The van der Waals surface area contributed by atoms with Crippen molar-refractivity contribution >= 4 is 0 Å². The summed E-state index contributed by atoms with van der Waals surface area (Å²) in [4.78, 5) is 0. The first-order valence-electron chi connectivity index (χ1n) is 5.07. The fourth-order valence-corrected chi connectivity index (χ4v) is 1.59. The van der Waals surface area contributed by atoms with Crippen LogP contribution in [0.5, 0.6) is 0 Å². The lowest BCUT2D eigenvalue weighted by Gasteiger charge is -2.06. The van der Waals surface area contributed by atoms with Crippen molar-refractivity contribution < 1.29 is 13.2 Å². The second-order valence-corrected chi connectivity index (χ2v) is 3.44. The third-order valence-corrected chi connectivity index (χ3v) is 2.43. The Balaban J connectivity index is 2.73. The Hall–Kier alpha value is -2.36. The zero-order chi connectivity index (χ0) is 13.3. The van der Waals surface area contributed by atoms with Crippen LogP contribution in [0.15, 0.2) is 12.1 Å². The zero-order valence-electron chi connectivity index (χ0n) is 9.28. The van der Waals surface area contributed by atoms with Crippen molar-refractivity contribution in [2.75, 3.05) is 0 Å². The molecule has 0 aliphatic rings.